The molecule has 6 heteroatoms. The molecule has 0 spiro atoms. The van der Waals surface area contributed by atoms with E-state index < -0.39 is 0 Å². The van der Waals surface area contributed by atoms with Gasteiger partial charge in [-0.25, -0.2) is 4.99 Å². The lowest BCUT2D eigenvalue weighted by molar-refractivity contribution is 0.0724. The van der Waals surface area contributed by atoms with Crippen molar-refractivity contribution in [1.82, 2.24) is 15.5 Å². The van der Waals surface area contributed by atoms with Gasteiger partial charge in [-0.1, -0.05) is 35.9 Å². The van der Waals surface area contributed by atoms with Gasteiger partial charge in [-0.3, -0.25) is 4.79 Å². The van der Waals surface area contributed by atoms with Crippen LogP contribution in [0, 0.1) is 0 Å². The van der Waals surface area contributed by atoms with Crippen LogP contribution in [0.2, 0.25) is 5.02 Å². The Morgan fingerprint density at radius 2 is 1.63 bits per heavy atom. The number of rotatable bonds is 7. The van der Waals surface area contributed by atoms with Crippen molar-refractivity contribution in [3.8, 4) is 0 Å². The predicted octanol–water partition coefficient (Wildman–Crippen LogP) is 4.26. The third kappa shape index (κ3) is 6.77. The lowest BCUT2D eigenvalue weighted by Crippen LogP contribution is -2.38. The number of halogens is 1. The molecule has 30 heavy (non-hydrogen) atoms. The van der Waals surface area contributed by atoms with Crippen molar-refractivity contribution in [2.45, 2.75) is 39.2 Å². The molecule has 0 radical (unpaired) electrons. The Labute approximate surface area is 184 Å². The fraction of sp³-hybridized carbons (Fsp3) is 0.417. The first-order valence-electron chi connectivity index (χ1n) is 10.8. The maximum atomic E-state index is 12.6. The first kappa shape index (κ1) is 22.2. The Morgan fingerprint density at radius 3 is 2.30 bits per heavy atom. The molecule has 0 aromatic heterocycles. The molecule has 0 atom stereocenters. The lowest BCUT2D eigenvalue weighted by atomic mass is 10.1. The minimum absolute atomic E-state index is 0.141. The minimum Gasteiger partial charge on any atom is -0.357 e. The van der Waals surface area contributed by atoms with Gasteiger partial charge in [0, 0.05) is 36.8 Å². The topological polar surface area (TPSA) is 56.7 Å². The molecule has 160 valence electrons. The molecule has 1 amide bonds. The quantitative estimate of drug-likeness (QED) is 0.513. The number of guanidine groups is 1. The molecule has 1 saturated heterocycles. The summed E-state index contributed by atoms with van der Waals surface area (Å²) >= 11 is 5.94. The van der Waals surface area contributed by atoms with Gasteiger partial charge >= 0.3 is 0 Å². The second-order valence-electron chi connectivity index (χ2n) is 7.55. The number of likely N-dealkylation sites (tertiary alicyclic amines) is 1. The largest absolute Gasteiger partial charge is 0.357 e. The van der Waals surface area contributed by atoms with E-state index in [1.165, 1.54) is 12.0 Å². The van der Waals surface area contributed by atoms with Gasteiger partial charge in [0.1, 0.15) is 0 Å². The molecule has 2 N–H and O–H groups in total. The number of nitrogens with zero attached hydrogens (tertiary/aromatic N) is 2. The van der Waals surface area contributed by atoms with Crippen LogP contribution < -0.4 is 10.6 Å². The Hall–Kier alpha value is -2.53. The summed E-state index contributed by atoms with van der Waals surface area (Å²) in [7, 11) is 0. The first-order valence-corrected chi connectivity index (χ1v) is 11.2. The van der Waals surface area contributed by atoms with Gasteiger partial charge in [0.15, 0.2) is 5.96 Å². The predicted molar refractivity (Wildman–Crippen MR) is 124 cm³/mol. The van der Waals surface area contributed by atoms with Crippen LogP contribution in [-0.2, 0) is 13.0 Å². The fourth-order valence-electron chi connectivity index (χ4n) is 3.52. The van der Waals surface area contributed by atoms with Gasteiger partial charge < -0.3 is 15.5 Å². The highest BCUT2D eigenvalue weighted by molar-refractivity contribution is 6.30. The summed E-state index contributed by atoms with van der Waals surface area (Å²) in [5.74, 6) is 0.932. The molecular weight excluding hydrogens is 396 g/mol. The Balaban J connectivity index is 1.52. The highest BCUT2D eigenvalue weighted by atomic mass is 35.5. The second kappa shape index (κ2) is 11.6. The van der Waals surface area contributed by atoms with Crippen LogP contribution in [0.4, 0.5) is 0 Å². The van der Waals surface area contributed by atoms with Crippen molar-refractivity contribution in [2.75, 3.05) is 26.2 Å². The molecule has 0 bridgehead atoms. The molecule has 5 nitrogen and oxygen atoms in total. The molecular formula is C24H31ClN4O. The van der Waals surface area contributed by atoms with E-state index in [0.29, 0.717) is 6.54 Å². The van der Waals surface area contributed by atoms with Crippen molar-refractivity contribution < 1.29 is 4.79 Å². The van der Waals surface area contributed by atoms with E-state index in [0.717, 1.165) is 67.6 Å². The van der Waals surface area contributed by atoms with Gasteiger partial charge in [-0.2, -0.15) is 0 Å². The van der Waals surface area contributed by atoms with Crippen molar-refractivity contribution >= 4 is 23.5 Å². The zero-order chi connectivity index (χ0) is 21.2. The van der Waals surface area contributed by atoms with Gasteiger partial charge in [-0.15, -0.1) is 0 Å². The van der Waals surface area contributed by atoms with Gasteiger partial charge in [0.2, 0.25) is 0 Å². The number of carbonyl (C=O) groups excluding carboxylic acids is 1. The number of hydrogen-bond acceptors (Lipinski definition) is 2. The summed E-state index contributed by atoms with van der Waals surface area (Å²) in [6.45, 7) is 5.95. The van der Waals surface area contributed by atoms with E-state index in [2.05, 4.69) is 22.5 Å². The number of piperidine rings is 1. The first-order chi connectivity index (χ1) is 14.7. The Morgan fingerprint density at radius 1 is 0.967 bits per heavy atom. The number of carbonyl (C=O) groups is 1. The highest BCUT2D eigenvalue weighted by Crippen LogP contribution is 2.14. The second-order valence-corrected chi connectivity index (χ2v) is 7.98. The fourth-order valence-corrected chi connectivity index (χ4v) is 3.65. The highest BCUT2D eigenvalue weighted by Gasteiger charge is 2.17. The van der Waals surface area contributed by atoms with Crippen molar-refractivity contribution in [2.24, 2.45) is 4.99 Å². The number of nitrogens with one attached hydrogen (secondary N) is 2. The van der Waals surface area contributed by atoms with Crippen LogP contribution in [0.25, 0.3) is 0 Å². The number of benzene rings is 2. The molecule has 0 aliphatic carbocycles. The van der Waals surface area contributed by atoms with Crippen LogP contribution >= 0.6 is 11.6 Å². The monoisotopic (exact) mass is 426 g/mol. The number of hydrogen-bond donors (Lipinski definition) is 2. The lowest BCUT2D eigenvalue weighted by Gasteiger charge is -2.26. The zero-order valence-electron chi connectivity index (χ0n) is 17.7. The average Bonchev–Trinajstić information content (AvgIpc) is 2.79. The van der Waals surface area contributed by atoms with Crippen LogP contribution in [0.5, 0.6) is 0 Å². The Bertz CT molecular complexity index is 827. The maximum absolute atomic E-state index is 12.6. The van der Waals surface area contributed by atoms with Gasteiger partial charge in [0.05, 0.1) is 6.54 Å². The molecule has 2 aromatic carbocycles. The summed E-state index contributed by atoms with van der Waals surface area (Å²) < 4.78 is 0. The molecule has 1 aliphatic heterocycles. The summed E-state index contributed by atoms with van der Waals surface area (Å²) in [6.07, 6.45) is 4.34. The molecule has 1 aliphatic rings. The van der Waals surface area contributed by atoms with E-state index in [9.17, 15) is 4.79 Å². The normalized spacial score (nSPS) is 14.5. The summed E-state index contributed by atoms with van der Waals surface area (Å²) in [6, 6.07) is 15.7. The maximum Gasteiger partial charge on any atom is 0.253 e. The van der Waals surface area contributed by atoms with Crippen LogP contribution in [-0.4, -0.2) is 42.9 Å². The van der Waals surface area contributed by atoms with E-state index in [4.69, 9.17) is 11.6 Å². The van der Waals surface area contributed by atoms with E-state index in [1.807, 2.05) is 53.4 Å². The van der Waals surface area contributed by atoms with Crippen LogP contribution in [0.1, 0.15) is 47.7 Å². The van der Waals surface area contributed by atoms with E-state index in [1.54, 1.807) is 0 Å². The molecule has 0 saturated carbocycles. The van der Waals surface area contributed by atoms with Crippen molar-refractivity contribution in [3.63, 3.8) is 0 Å². The SMILES string of the molecule is CCNC(=NCc1ccc(C(=O)N2CCCCC2)cc1)NCCc1ccc(Cl)cc1. The van der Waals surface area contributed by atoms with Crippen molar-refractivity contribution in [3.05, 3.63) is 70.2 Å². The molecule has 3 rings (SSSR count). The third-order valence-electron chi connectivity index (χ3n) is 5.23. The molecule has 2 aromatic rings. The van der Waals surface area contributed by atoms with Crippen molar-refractivity contribution in [1.29, 1.82) is 0 Å². The number of aliphatic imine (C=N–C) groups is 1. The zero-order valence-corrected chi connectivity index (χ0v) is 18.4. The van der Waals surface area contributed by atoms with Crippen LogP contribution in [0.3, 0.4) is 0 Å². The Kier molecular flexibility index (Phi) is 8.57. The summed E-state index contributed by atoms with van der Waals surface area (Å²) in [4.78, 5) is 19.2. The van der Waals surface area contributed by atoms with Gasteiger partial charge in [0.25, 0.3) is 5.91 Å². The van der Waals surface area contributed by atoms with E-state index in [-0.39, 0.29) is 5.91 Å². The number of amides is 1. The molecule has 0 unspecified atom stereocenters. The van der Waals surface area contributed by atoms with Crippen LogP contribution in [0.15, 0.2) is 53.5 Å². The molecule has 1 fully saturated rings. The smallest absolute Gasteiger partial charge is 0.253 e. The molecule has 1 heterocycles. The average molecular weight is 427 g/mol. The summed E-state index contributed by atoms with van der Waals surface area (Å²) in [5.41, 5.74) is 3.08. The standard InChI is InChI=1S/C24H31ClN4O/c1-2-26-24(27-15-14-19-8-12-22(25)13-9-19)28-18-20-6-10-21(11-7-20)23(30)29-16-4-3-5-17-29/h6-13H,2-5,14-18H2,1H3,(H2,26,27,28). The van der Waals surface area contributed by atoms with Gasteiger partial charge in [-0.05, 0) is 68.0 Å². The third-order valence-corrected chi connectivity index (χ3v) is 5.48. The van der Waals surface area contributed by atoms with E-state index >= 15 is 0 Å². The summed E-state index contributed by atoms with van der Waals surface area (Å²) in [5, 5.41) is 7.40. The minimum atomic E-state index is 0.141.